The first-order chi connectivity index (χ1) is 13.5. The summed E-state index contributed by atoms with van der Waals surface area (Å²) in [6.45, 7) is 8.26. The summed E-state index contributed by atoms with van der Waals surface area (Å²) in [7, 11) is 1.67. The van der Waals surface area contributed by atoms with E-state index in [1.165, 1.54) is 4.90 Å². The Morgan fingerprint density at radius 3 is 2.57 bits per heavy atom. The van der Waals surface area contributed by atoms with Gasteiger partial charge in [0.05, 0.1) is 13.2 Å². The number of likely N-dealkylation sites (N-methyl/N-ethyl adjacent to an activating group) is 1. The van der Waals surface area contributed by atoms with E-state index in [0.29, 0.717) is 26.2 Å². The van der Waals surface area contributed by atoms with Crippen molar-refractivity contribution in [2.24, 2.45) is 4.99 Å². The third kappa shape index (κ3) is 4.06. The molecule has 1 N–H and O–H groups in total. The maximum Gasteiger partial charge on any atom is 0.409 e. The normalized spacial score (nSPS) is 25.5. The van der Waals surface area contributed by atoms with Crippen LogP contribution in [0.5, 0.6) is 0 Å². The van der Waals surface area contributed by atoms with Gasteiger partial charge < -0.3 is 19.4 Å². The molecule has 28 heavy (non-hydrogen) atoms. The lowest BCUT2D eigenvalue weighted by Crippen LogP contribution is -2.64. The van der Waals surface area contributed by atoms with E-state index >= 15 is 0 Å². The lowest BCUT2D eigenvalue weighted by atomic mass is 10.1. The average molecular weight is 394 g/mol. The number of imide groups is 1. The maximum absolute atomic E-state index is 12.5. The first-order valence-electron chi connectivity index (χ1n) is 10.0. The topological polar surface area (TPSA) is 97.8 Å². The van der Waals surface area contributed by atoms with Crippen molar-refractivity contribution in [2.75, 3.05) is 52.9 Å². The van der Waals surface area contributed by atoms with Crippen LogP contribution < -0.4 is 5.32 Å². The highest BCUT2D eigenvalue weighted by molar-refractivity contribution is 6.04. The number of unbranched alkanes of at least 4 members (excludes halogenated alkanes) is 1. The first kappa shape index (κ1) is 20.4. The smallest absolute Gasteiger partial charge is 0.409 e. The Labute approximate surface area is 165 Å². The number of hydrogen-bond donors (Lipinski definition) is 1. The summed E-state index contributed by atoms with van der Waals surface area (Å²) in [6, 6.07) is -0.875. The molecule has 2 atom stereocenters. The fraction of sp³-hybridized carbons (Fsp3) is 0.778. The molecule has 0 aliphatic carbocycles. The van der Waals surface area contributed by atoms with Gasteiger partial charge in [-0.3, -0.25) is 15.0 Å². The van der Waals surface area contributed by atoms with Gasteiger partial charge in [0.1, 0.15) is 5.84 Å². The maximum atomic E-state index is 12.5. The van der Waals surface area contributed by atoms with Crippen molar-refractivity contribution < 1.29 is 19.1 Å². The molecule has 2 saturated heterocycles. The van der Waals surface area contributed by atoms with Crippen molar-refractivity contribution in [2.45, 2.75) is 38.9 Å². The Morgan fingerprint density at radius 1 is 1.21 bits per heavy atom. The molecule has 10 heteroatoms. The van der Waals surface area contributed by atoms with E-state index in [1.807, 2.05) is 4.90 Å². The zero-order valence-electron chi connectivity index (χ0n) is 16.9. The molecule has 156 valence electrons. The molecule has 3 aliphatic rings. The minimum absolute atomic E-state index is 0.271. The Hall–Kier alpha value is -2.36. The summed E-state index contributed by atoms with van der Waals surface area (Å²) in [5.74, 6) is 0.555. The molecule has 4 amide bonds. The van der Waals surface area contributed by atoms with Gasteiger partial charge in [0.25, 0.3) is 5.91 Å². The van der Waals surface area contributed by atoms with Crippen molar-refractivity contribution in [3.05, 3.63) is 0 Å². The van der Waals surface area contributed by atoms with Crippen LogP contribution in [0.25, 0.3) is 0 Å². The van der Waals surface area contributed by atoms with Crippen LogP contribution in [0.4, 0.5) is 9.59 Å². The molecular formula is C18H30N6O4. The number of fused-ring (bicyclic) bond motifs is 1. The highest BCUT2D eigenvalue weighted by atomic mass is 16.6. The number of nitrogens with zero attached hydrogens (tertiary/aromatic N) is 5. The van der Waals surface area contributed by atoms with E-state index in [9.17, 15) is 14.4 Å². The Morgan fingerprint density at radius 2 is 1.93 bits per heavy atom. The van der Waals surface area contributed by atoms with Gasteiger partial charge in [-0.25, -0.2) is 14.6 Å². The second-order valence-electron chi connectivity index (χ2n) is 7.32. The van der Waals surface area contributed by atoms with Gasteiger partial charge in [0.15, 0.2) is 12.2 Å². The standard InChI is InChI=1S/C18H30N6O4/c1-4-6-7-24-13(19-15-14(24)16(25)20-17(26)21(15)3)12-22-8-10-23(11-9-22)18(27)28-5-2/h14-15H,4-12H2,1-3H3,(H,20,25,26). The molecule has 0 bridgehead atoms. The zero-order valence-corrected chi connectivity index (χ0v) is 16.9. The van der Waals surface area contributed by atoms with Crippen molar-refractivity contribution >= 4 is 23.9 Å². The quantitative estimate of drug-likeness (QED) is 0.689. The molecule has 0 saturated carbocycles. The van der Waals surface area contributed by atoms with Gasteiger partial charge in [0, 0.05) is 39.8 Å². The summed E-state index contributed by atoms with van der Waals surface area (Å²) < 4.78 is 5.06. The number of rotatable bonds is 6. The summed E-state index contributed by atoms with van der Waals surface area (Å²) in [5.41, 5.74) is 0. The minimum Gasteiger partial charge on any atom is -0.450 e. The van der Waals surface area contributed by atoms with Crippen LogP contribution in [0.15, 0.2) is 4.99 Å². The van der Waals surface area contributed by atoms with Gasteiger partial charge in [-0.1, -0.05) is 13.3 Å². The van der Waals surface area contributed by atoms with Crippen LogP contribution in [-0.4, -0.2) is 109 Å². The van der Waals surface area contributed by atoms with Crippen LogP contribution >= 0.6 is 0 Å². The van der Waals surface area contributed by atoms with E-state index in [2.05, 4.69) is 17.1 Å². The zero-order chi connectivity index (χ0) is 20.3. The van der Waals surface area contributed by atoms with E-state index < -0.39 is 18.2 Å². The third-order valence-corrected chi connectivity index (χ3v) is 5.46. The van der Waals surface area contributed by atoms with E-state index in [0.717, 1.165) is 38.3 Å². The minimum atomic E-state index is -0.478. The molecule has 2 unspecified atom stereocenters. The molecule has 0 radical (unpaired) electrons. The molecular weight excluding hydrogens is 364 g/mol. The van der Waals surface area contributed by atoms with Crippen LogP contribution in [0, 0.1) is 0 Å². The molecule has 3 heterocycles. The fourth-order valence-corrected chi connectivity index (χ4v) is 3.81. The molecule has 0 aromatic rings. The number of urea groups is 1. The van der Waals surface area contributed by atoms with Gasteiger partial charge in [-0.05, 0) is 13.3 Å². The summed E-state index contributed by atoms with van der Waals surface area (Å²) >= 11 is 0. The number of aliphatic imine (C=N–C) groups is 1. The van der Waals surface area contributed by atoms with Gasteiger partial charge in [-0.2, -0.15) is 0 Å². The number of carbonyl (C=O) groups is 3. The van der Waals surface area contributed by atoms with E-state index in [1.54, 1.807) is 18.9 Å². The number of piperazine rings is 1. The van der Waals surface area contributed by atoms with Crippen molar-refractivity contribution in [1.29, 1.82) is 0 Å². The molecule has 0 aromatic carbocycles. The summed E-state index contributed by atoms with van der Waals surface area (Å²) in [4.78, 5) is 48.5. The molecule has 2 fully saturated rings. The van der Waals surface area contributed by atoms with E-state index in [-0.39, 0.29) is 12.0 Å². The molecule has 3 aliphatic heterocycles. The highest BCUT2D eigenvalue weighted by Crippen LogP contribution is 2.25. The number of amides is 4. The lowest BCUT2D eigenvalue weighted by Gasteiger charge is -2.38. The number of ether oxygens (including phenoxy) is 1. The first-order valence-corrected chi connectivity index (χ1v) is 10.0. The second kappa shape index (κ2) is 8.76. The Bertz CT molecular complexity index is 646. The van der Waals surface area contributed by atoms with Crippen LogP contribution in [-0.2, 0) is 9.53 Å². The van der Waals surface area contributed by atoms with Crippen LogP contribution in [0.2, 0.25) is 0 Å². The lowest BCUT2D eigenvalue weighted by molar-refractivity contribution is -0.127. The van der Waals surface area contributed by atoms with E-state index in [4.69, 9.17) is 9.73 Å². The molecule has 0 aromatic heterocycles. The van der Waals surface area contributed by atoms with Gasteiger partial charge >= 0.3 is 12.1 Å². The van der Waals surface area contributed by atoms with Crippen LogP contribution in [0.1, 0.15) is 26.7 Å². The Kier molecular flexibility index (Phi) is 6.38. The van der Waals surface area contributed by atoms with Gasteiger partial charge in [-0.15, -0.1) is 0 Å². The van der Waals surface area contributed by atoms with Crippen LogP contribution in [0.3, 0.4) is 0 Å². The number of amidine groups is 1. The number of carbonyl (C=O) groups excluding carboxylic acids is 3. The second-order valence-corrected chi connectivity index (χ2v) is 7.32. The van der Waals surface area contributed by atoms with Crippen molar-refractivity contribution in [3.63, 3.8) is 0 Å². The highest BCUT2D eigenvalue weighted by Gasteiger charge is 2.48. The Balaban J connectivity index is 1.67. The monoisotopic (exact) mass is 394 g/mol. The van der Waals surface area contributed by atoms with Crippen molar-refractivity contribution in [3.8, 4) is 0 Å². The van der Waals surface area contributed by atoms with Crippen molar-refractivity contribution in [1.82, 2.24) is 24.9 Å². The predicted octanol–water partition coefficient (Wildman–Crippen LogP) is 0.151. The third-order valence-electron chi connectivity index (χ3n) is 5.46. The SMILES string of the molecule is CCCCN1C(CN2CCN(C(=O)OCC)CC2)=NC2C1C(=O)NC(=O)N2C. The summed E-state index contributed by atoms with van der Waals surface area (Å²) in [6.07, 6.45) is 1.21. The average Bonchev–Trinajstić information content (AvgIpc) is 3.04. The molecule has 3 rings (SSSR count). The number of nitrogens with one attached hydrogen (secondary N) is 1. The number of hydrogen-bond acceptors (Lipinski definition) is 7. The summed E-state index contributed by atoms with van der Waals surface area (Å²) in [5, 5.41) is 2.42. The fourth-order valence-electron chi connectivity index (χ4n) is 3.81. The van der Waals surface area contributed by atoms with Gasteiger partial charge in [0.2, 0.25) is 0 Å². The molecule has 10 nitrogen and oxygen atoms in total. The molecule has 0 spiro atoms. The predicted molar refractivity (Wildman–Crippen MR) is 103 cm³/mol. The largest absolute Gasteiger partial charge is 0.450 e.